The van der Waals surface area contributed by atoms with Gasteiger partial charge in [0, 0.05) is 94.4 Å². The molecule has 2 aromatic carbocycles. The van der Waals surface area contributed by atoms with E-state index in [9.17, 15) is 14.4 Å². The van der Waals surface area contributed by atoms with Crippen molar-refractivity contribution in [1.82, 2.24) is 31.5 Å². The molecule has 0 aliphatic heterocycles. The number of nitrogens with one attached hydrogen (secondary N) is 5. The van der Waals surface area contributed by atoms with Crippen LogP contribution in [0.15, 0.2) is 78.6 Å². The molecular weight excluding hydrogens is 785 g/mol. The van der Waals surface area contributed by atoms with Gasteiger partial charge in [-0.2, -0.15) is 0 Å². The van der Waals surface area contributed by atoms with E-state index in [1.165, 1.54) is 12.8 Å². The minimum atomic E-state index is -0.341. The molecule has 2 amide bonds. The van der Waals surface area contributed by atoms with Crippen LogP contribution in [0.25, 0.3) is 0 Å². The van der Waals surface area contributed by atoms with Crippen molar-refractivity contribution in [2.24, 2.45) is 17.3 Å². The average molecular weight is 871 g/mol. The molecule has 12 heteroatoms. The number of hydrogen-bond donors (Lipinski definition) is 5. The summed E-state index contributed by atoms with van der Waals surface area (Å²) in [5.74, 6) is 0.184. The van der Waals surface area contributed by atoms with Gasteiger partial charge < -0.3 is 41.0 Å². The molecule has 0 fully saturated rings. The average Bonchev–Trinajstić information content (AvgIpc) is 3.25. The highest BCUT2D eigenvalue weighted by atomic mass is 32.1. The number of methoxy groups -OCH3 is 2. The van der Waals surface area contributed by atoms with Crippen molar-refractivity contribution < 1.29 is 23.9 Å². The van der Waals surface area contributed by atoms with Gasteiger partial charge in [-0.05, 0) is 49.5 Å². The fourth-order valence-electron chi connectivity index (χ4n) is 4.80. The molecule has 11 nitrogen and oxygen atoms in total. The normalized spacial score (nSPS) is 11.5. The number of ketones is 1. The molecule has 0 bridgehead atoms. The Kier molecular flexibility index (Phi) is 37.5. The van der Waals surface area contributed by atoms with E-state index in [0.717, 1.165) is 37.3 Å². The standard InChI is InChI=1S/C32H45N5O4S.C9H19NO.2C3H8.C2H6/c1-6-28(23(2)24(3)33-18-10-21-36-32(42)37-22-29(40-4)41-5)34-19-11-20-35-31(39)27-16-14-26(15-17-27)30(38)25-12-8-7-9-13-25;1-7(9(2,3)4)8(11)10(5)6;2*1-3-2;1-2/h6-9,12-17,23,29,33-34H,3,10-11,18-22H2,1-2,4-5H3,(H,35,39)(H2,36,37,42);7H,1-6H3;2*3H2,1-2H3;1-2H3/b28-6-;;;;. The van der Waals surface area contributed by atoms with Gasteiger partial charge in [-0.15, -0.1) is 0 Å². The lowest BCUT2D eigenvalue weighted by molar-refractivity contribution is -0.135. The molecular formula is C49H86N6O5S. The number of benzene rings is 2. The van der Waals surface area contributed by atoms with Crippen molar-refractivity contribution in [3.05, 3.63) is 95.3 Å². The predicted molar refractivity (Wildman–Crippen MR) is 263 cm³/mol. The van der Waals surface area contributed by atoms with E-state index in [4.69, 9.17) is 21.7 Å². The molecule has 0 aliphatic rings. The zero-order valence-corrected chi connectivity index (χ0v) is 41.8. The summed E-state index contributed by atoms with van der Waals surface area (Å²) in [5.41, 5.74) is 3.78. The summed E-state index contributed by atoms with van der Waals surface area (Å²) in [7, 11) is 6.76. The third kappa shape index (κ3) is 28.8. The summed E-state index contributed by atoms with van der Waals surface area (Å²) >= 11 is 5.27. The first kappa shape index (κ1) is 61.0. The van der Waals surface area contributed by atoms with Crippen molar-refractivity contribution in [2.75, 3.05) is 61.0 Å². The number of hydrogen-bond acceptors (Lipinski definition) is 8. The summed E-state index contributed by atoms with van der Waals surface area (Å²) in [6.45, 7) is 32.2. The molecule has 0 heterocycles. The molecule has 0 aromatic heterocycles. The van der Waals surface area contributed by atoms with Gasteiger partial charge in [-0.3, -0.25) is 14.4 Å². The second-order valence-corrected chi connectivity index (χ2v) is 15.8. The second kappa shape index (κ2) is 37.5. The van der Waals surface area contributed by atoms with Gasteiger partial charge >= 0.3 is 0 Å². The number of nitrogens with zero attached hydrogens (tertiary/aromatic N) is 1. The number of amides is 2. The quantitative estimate of drug-likeness (QED) is 0.0380. The van der Waals surface area contributed by atoms with Crippen LogP contribution in [0.2, 0.25) is 0 Å². The van der Waals surface area contributed by atoms with Crippen molar-refractivity contribution in [3.8, 4) is 0 Å². The topological polar surface area (TPSA) is 133 Å². The smallest absolute Gasteiger partial charge is 0.251 e. The van der Waals surface area contributed by atoms with E-state index in [1.54, 1.807) is 69.6 Å². The molecule has 0 spiro atoms. The van der Waals surface area contributed by atoms with E-state index < -0.39 is 0 Å². The highest BCUT2D eigenvalue weighted by Crippen LogP contribution is 2.26. The fourth-order valence-corrected chi connectivity index (χ4v) is 4.98. The first-order valence-electron chi connectivity index (χ1n) is 22.0. The van der Waals surface area contributed by atoms with Crippen LogP contribution in [0.1, 0.15) is 135 Å². The molecule has 2 unspecified atom stereocenters. The van der Waals surface area contributed by atoms with Gasteiger partial charge in [0.15, 0.2) is 17.2 Å². The Labute approximate surface area is 377 Å². The van der Waals surface area contributed by atoms with Gasteiger partial charge in [0.2, 0.25) is 5.91 Å². The minimum Gasteiger partial charge on any atom is -0.388 e. The van der Waals surface area contributed by atoms with Crippen LogP contribution in [0.5, 0.6) is 0 Å². The number of thiocarbonyl (C=S) groups is 1. The highest BCUT2D eigenvalue weighted by Gasteiger charge is 2.27. The van der Waals surface area contributed by atoms with E-state index in [2.05, 4.69) is 88.6 Å². The molecule has 0 saturated heterocycles. The van der Waals surface area contributed by atoms with E-state index in [-0.39, 0.29) is 41.1 Å². The molecule has 348 valence electrons. The lowest BCUT2D eigenvalue weighted by Crippen LogP contribution is -2.41. The van der Waals surface area contributed by atoms with E-state index in [1.807, 2.05) is 52.0 Å². The summed E-state index contributed by atoms with van der Waals surface area (Å²) < 4.78 is 10.3. The van der Waals surface area contributed by atoms with Gasteiger partial charge in [0.25, 0.3) is 5.91 Å². The number of rotatable bonds is 20. The second-order valence-electron chi connectivity index (χ2n) is 15.4. The molecule has 2 atom stereocenters. The largest absolute Gasteiger partial charge is 0.388 e. The maximum Gasteiger partial charge on any atom is 0.251 e. The summed E-state index contributed by atoms with van der Waals surface area (Å²) in [6.07, 6.45) is 5.84. The van der Waals surface area contributed by atoms with Crippen LogP contribution in [-0.4, -0.2) is 94.9 Å². The van der Waals surface area contributed by atoms with Crippen LogP contribution in [-0.2, 0) is 14.3 Å². The van der Waals surface area contributed by atoms with Crippen LogP contribution >= 0.6 is 12.2 Å². The monoisotopic (exact) mass is 871 g/mol. The fraction of sp³-hybridized carbons (Fsp3) is 0.592. The Bertz CT molecular complexity index is 1490. The zero-order valence-electron chi connectivity index (χ0n) is 41.0. The maximum atomic E-state index is 12.6. The lowest BCUT2D eigenvalue weighted by atomic mass is 9.81. The third-order valence-electron chi connectivity index (χ3n) is 8.77. The third-order valence-corrected chi connectivity index (χ3v) is 9.06. The number of allylic oxidation sites excluding steroid dienone is 1. The summed E-state index contributed by atoms with van der Waals surface area (Å²) in [4.78, 5) is 38.2. The molecule has 61 heavy (non-hydrogen) atoms. The number of carbonyl (C=O) groups is 3. The van der Waals surface area contributed by atoms with E-state index >= 15 is 0 Å². The zero-order chi connectivity index (χ0) is 47.4. The van der Waals surface area contributed by atoms with Crippen LogP contribution < -0.4 is 26.6 Å². The Morgan fingerprint density at radius 2 is 1.18 bits per heavy atom. The maximum absolute atomic E-state index is 12.6. The lowest BCUT2D eigenvalue weighted by Gasteiger charge is -2.28. The van der Waals surface area contributed by atoms with Crippen molar-refractivity contribution >= 4 is 34.9 Å². The van der Waals surface area contributed by atoms with Crippen molar-refractivity contribution in [1.29, 1.82) is 0 Å². The summed E-state index contributed by atoms with van der Waals surface area (Å²) in [5, 5.41) is 16.6. The summed E-state index contributed by atoms with van der Waals surface area (Å²) in [6, 6.07) is 15.8. The Balaban J connectivity index is -0.00000148. The molecule has 2 rings (SSSR count). The Hall–Kier alpha value is -4.26. The molecule has 0 aliphatic carbocycles. The Morgan fingerprint density at radius 3 is 1.62 bits per heavy atom. The SMILES string of the molecule is C=C(NCCCNC(=S)NCC(OC)OC)C(C)/C(=C/C)NCCCNC(=O)c1ccc(C(=O)c2ccccc2)cc1.CC.CC(C(=O)N(C)C)C(C)(C)C.CCC.CCC. The van der Waals surface area contributed by atoms with Gasteiger partial charge in [0.1, 0.15) is 0 Å². The van der Waals surface area contributed by atoms with Crippen molar-refractivity contribution in [2.45, 2.75) is 115 Å². The predicted octanol–water partition coefficient (Wildman–Crippen LogP) is 9.36. The van der Waals surface area contributed by atoms with Gasteiger partial charge in [-0.1, -0.05) is 144 Å². The molecule has 0 radical (unpaired) electrons. The van der Waals surface area contributed by atoms with Gasteiger partial charge in [0.05, 0.1) is 6.54 Å². The van der Waals surface area contributed by atoms with Crippen LogP contribution in [0.4, 0.5) is 0 Å². The first-order chi connectivity index (χ1) is 28.9. The van der Waals surface area contributed by atoms with Crippen LogP contribution in [0, 0.1) is 17.3 Å². The first-order valence-corrected chi connectivity index (χ1v) is 22.4. The van der Waals surface area contributed by atoms with Crippen LogP contribution in [0.3, 0.4) is 0 Å². The minimum absolute atomic E-state index is 0.0644. The molecule has 0 saturated carbocycles. The molecule has 2 aromatic rings. The highest BCUT2D eigenvalue weighted by molar-refractivity contribution is 7.80. The van der Waals surface area contributed by atoms with Crippen molar-refractivity contribution in [3.63, 3.8) is 0 Å². The molecule has 5 N–H and O–H groups in total. The number of ether oxygens (including phenoxy) is 2. The number of carbonyl (C=O) groups excluding carboxylic acids is 3. The van der Waals surface area contributed by atoms with Gasteiger partial charge in [-0.25, -0.2) is 0 Å². The van der Waals surface area contributed by atoms with E-state index in [0.29, 0.717) is 41.4 Å². The Morgan fingerprint density at radius 1 is 0.738 bits per heavy atom.